The van der Waals surface area contributed by atoms with Crippen molar-refractivity contribution in [1.29, 1.82) is 0 Å². The quantitative estimate of drug-likeness (QED) is 0.669. The Morgan fingerprint density at radius 1 is 1.57 bits per heavy atom. The third-order valence-electron chi connectivity index (χ3n) is 1.70. The molecule has 14 heavy (non-hydrogen) atoms. The smallest absolute Gasteiger partial charge is 0.108 e. The third kappa shape index (κ3) is 4.34. The minimum atomic E-state index is 0.509. The topological polar surface area (TPSA) is 52.0 Å². The van der Waals surface area contributed by atoms with Gasteiger partial charge in [-0.05, 0) is 0 Å². The summed E-state index contributed by atoms with van der Waals surface area (Å²) in [6, 6.07) is 0.509. The van der Waals surface area contributed by atoms with E-state index in [0.717, 1.165) is 12.2 Å². The van der Waals surface area contributed by atoms with Gasteiger partial charge in [0.05, 0.1) is 19.4 Å². The van der Waals surface area contributed by atoms with Crippen LogP contribution in [-0.4, -0.2) is 34.2 Å². The number of rotatable bonds is 6. The Hall–Kier alpha value is -0.940. The van der Waals surface area contributed by atoms with Crippen LogP contribution in [0.1, 0.15) is 19.5 Å². The van der Waals surface area contributed by atoms with Crippen molar-refractivity contribution in [2.75, 3.05) is 13.2 Å². The molecule has 1 aromatic rings. The van der Waals surface area contributed by atoms with Gasteiger partial charge in [-0.15, -0.1) is 5.10 Å². The van der Waals surface area contributed by atoms with Crippen molar-refractivity contribution in [3.8, 4) is 0 Å². The second kappa shape index (κ2) is 5.72. The summed E-state index contributed by atoms with van der Waals surface area (Å²) in [5, 5.41) is 11.0. The summed E-state index contributed by atoms with van der Waals surface area (Å²) in [5.74, 6) is 0. The van der Waals surface area contributed by atoms with Crippen LogP contribution < -0.4 is 5.32 Å². The molecule has 5 heteroatoms. The molecule has 80 valence electrons. The predicted molar refractivity (Wildman–Crippen MR) is 53.8 cm³/mol. The molecule has 0 aliphatic carbocycles. The Morgan fingerprint density at radius 3 is 2.93 bits per heavy atom. The molecule has 0 aromatic carbocycles. The van der Waals surface area contributed by atoms with Crippen LogP contribution >= 0.6 is 0 Å². The summed E-state index contributed by atoms with van der Waals surface area (Å²) in [6.07, 6.45) is 1.86. The van der Waals surface area contributed by atoms with Gasteiger partial charge in [0.2, 0.25) is 0 Å². The molecule has 0 bridgehead atoms. The molecule has 0 radical (unpaired) electrons. The lowest BCUT2D eigenvalue weighted by atomic mass is 10.4. The number of aromatic nitrogens is 3. The molecule has 0 atom stereocenters. The number of nitrogens with zero attached hydrogens (tertiary/aromatic N) is 3. The summed E-state index contributed by atoms with van der Waals surface area (Å²) < 4.78 is 7.08. The number of nitrogens with one attached hydrogen (secondary N) is 1. The highest BCUT2D eigenvalue weighted by Crippen LogP contribution is 1.93. The van der Waals surface area contributed by atoms with Crippen molar-refractivity contribution < 1.29 is 4.74 Å². The molecule has 0 spiro atoms. The minimum absolute atomic E-state index is 0.509. The van der Waals surface area contributed by atoms with Crippen LogP contribution in [0.3, 0.4) is 0 Å². The third-order valence-corrected chi connectivity index (χ3v) is 1.70. The highest BCUT2D eigenvalue weighted by Gasteiger charge is 1.97. The van der Waals surface area contributed by atoms with E-state index in [0.29, 0.717) is 19.3 Å². The fourth-order valence-corrected chi connectivity index (χ4v) is 1.06. The van der Waals surface area contributed by atoms with E-state index in [1.165, 1.54) is 0 Å². The molecule has 5 nitrogen and oxygen atoms in total. The first-order chi connectivity index (χ1) is 6.68. The van der Waals surface area contributed by atoms with Crippen LogP contribution in [-0.2, 0) is 18.4 Å². The second-order valence-corrected chi connectivity index (χ2v) is 3.54. The summed E-state index contributed by atoms with van der Waals surface area (Å²) in [7, 11) is 1.84. The first kappa shape index (κ1) is 11.1. The van der Waals surface area contributed by atoms with Gasteiger partial charge in [-0.25, -0.2) is 0 Å². The molecule has 0 amide bonds. The van der Waals surface area contributed by atoms with E-state index in [1.807, 2.05) is 13.2 Å². The lowest BCUT2D eigenvalue weighted by Gasteiger charge is -2.07. The molecule has 0 saturated carbocycles. The molecule has 1 heterocycles. The zero-order valence-electron chi connectivity index (χ0n) is 9.03. The molecule has 1 N–H and O–H groups in total. The lowest BCUT2D eigenvalue weighted by Crippen LogP contribution is -2.26. The minimum Gasteiger partial charge on any atom is -0.374 e. The zero-order chi connectivity index (χ0) is 10.4. The Kier molecular flexibility index (Phi) is 4.55. The van der Waals surface area contributed by atoms with Crippen LogP contribution in [0.4, 0.5) is 0 Å². The largest absolute Gasteiger partial charge is 0.374 e. The van der Waals surface area contributed by atoms with Crippen molar-refractivity contribution in [3.05, 3.63) is 11.9 Å². The van der Waals surface area contributed by atoms with Crippen LogP contribution in [0.15, 0.2) is 6.20 Å². The normalized spacial score (nSPS) is 11.1. The molecule has 0 aliphatic rings. The second-order valence-electron chi connectivity index (χ2n) is 3.54. The average molecular weight is 198 g/mol. The van der Waals surface area contributed by atoms with Crippen LogP contribution in [0.5, 0.6) is 0 Å². The number of hydrogen-bond acceptors (Lipinski definition) is 4. The molecular formula is C9H18N4O. The van der Waals surface area contributed by atoms with E-state index < -0.39 is 0 Å². The lowest BCUT2D eigenvalue weighted by molar-refractivity contribution is 0.119. The predicted octanol–water partition coefficient (Wildman–Crippen LogP) is 0.330. The van der Waals surface area contributed by atoms with Crippen molar-refractivity contribution in [3.63, 3.8) is 0 Å². The van der Waals surface area contributed by atoms with Crippen molar-refractivity contribution >= 4 is 0 Å². The van der Waals surface area contributed by atoms with Crippen molar-refractivity contribution in [2.24, 2.45) is 7.05 Å². The fraction of sp³-hybridized carbons (Fsp3) is 0.778. The Morgan fingerprint density at radius 2 is 2.36 bits per heavy atom. The monoisotopic (exact) mass is 198 g/mol. The van der Waals surface area contributed by atoms with Gasteiger partial charge in [-0.3, -0.25) is 4.68 Å². The van der Waals surface area contributed by atoms with Gasteiger partial charge in [-0.2, -0.15) is 0 Å². The van der Waals surface area contributed by atoms with Crippen LogP contribution in [0.2, 0.25) is 0 Å². The van der Waals surface area contributed by atoms with Gasteiger partial charge in [-0.1, -0.05) is 19.1 Å². The molecule has 0 saturated heterocycles. The number of aryl methyl sites for hydroxylation is 1. The Bertz CT molecular complexity index is 259. The summed E-state index contributed by atoms with van der Waals surface area (Å²) >= 11 is 0. The molecule has 1 aromatic heterocycles. The van der Waals surface area contributed by atoms with Gasteiger partial charge in [0.25, 0.3) is 0 Å². The van der Waals surface area contributed by atoms with Gasteiger partial charge in [0.15, 0.2) is 0 Å². The zero-order valence-corrected chi connectivity index (χ0v) is 9.03. The molecule has 1 rings (SSSR count). The van der Waals surface area contributed by atoms with E-state index >= 15 is 0 Å². The van der Waals surface area contributed by atoms with Crippen LogP contribution in [0, 0.1) is 0 Å². The maximum Gasteiger partial charge on any atom is 0.108 e. The first-order valence-electron chi connectivity index (χ1n) is 4.85. The number of ether oxygens (including phenoxy) is 1. The highest BCUT2D eigenvalue weighted by atomic mass is 16.5. The standard InChI is InChI=1S/C9H18N4O/c1-8(2)10-4-5-14-7-9-6-13(3)12-11-9/h6,8,10H,4-5,7H2,1-3H3. The molecule has 0 fully saturated rings. The van der Waals surface area contributed by atoms with Crippen molar-refractivity contribution in [2.45, 2.75) is 26.5 Å². The van der Waals surface area contributed by atoms with E-state index in [1.54, 1.807) is 4.68 Å². The summed E-state index contributed by atoms with van der Waals surface area (Å²) in [6.45, 7) is 6.34. The SMILES string of the molecule is CC(C)NCCOCc1cn(C)nn1. The van der Waals surface area contributed by atoms with Gasteiger partial charge < -0.3 is 10.1 Å². The van der Waals surface area contributed by atoms with Gasteiger partial charge >= 0.3 is 0 Å². The summed E-state index contributed by atoms with van der Waals surface area (Å²) in [5.41, 5.74) is 0.872. The maximum absolute atomic E-state index is 5.41. The maximum atomic E-state index is 5.41. The summed E-state index contributed by atoms with van der Waals surface area (Å²) in [4.78, 5) is 0. The van der Waals surface area contributed by atoms with E-state index in [4.69, 9.17) is 4.74 Å². The van der Waals surface area contributed by atoms with E-state index in [-0.39, 0.29) is 0 Å². The van der Waals surface area contributed by atoms with E-state index in [9.17, 15) is 0 Å². The molecular weight excluding hydrogens is 180 g/mol. The van der Waals surface area contributed by atoms with Gasteiger partial charge in [0, 0.05) is 19.6 Å². The van der Waals surface area contributed by atoms with E-state index in [2.05, 4.69) is 29.5 Å². The average Bonchev–Trinajstić information content (AvgIpc) is 2.50. The fourth-order valence-electron chi connectivity index (χ4n) is 1.06. The first-order valence-corrected chi connectivity index (χ1v) is 4.85. The molecule has 0 aliphatic heterocycles. The number of hydrogen-bond donors (Lipinski definition) is 1. The van der Waals surface area contributed by atoms with Gasteiger partial charge in [0.1, 0.15) is 5.69 Å². The van der Waals surface area contributed by atoms with Crippen molar-refractivity contribution in [1.82, 2.24) is 20.3 Å². The Balaban J connectivity index is 2.04. The highest BCUT2D eigenvalue weighted by molar-refractivity contribution is 4.88. The molecule has 0 unspecified atom stereocenters. The van der Waals surface area contributed by atoms with Crippen LogP contribution in [0.25, 0.3) is 0 Å². The Labute approximate surface area is 84.4 Å².